The van der Waals surface area contributed by atoms with E-state index in [-0.39, 0.29) is 26.9 Å². The fourth-order valence-electron chi connectivity index (χ4n) is 1.74. The molecule has 5 N–H and O–H groups in total. The smallest absolute Gasteiger partial charge is 0.202 e. The van der Waals surface area contributed by atoms with Gasteiger partial charge in [-0.25, -0.2) is 0 Å². The van der Waals surface area contributed by atoms with E-state index < -0.39 is 17.2 Å². The number of hydrogen-bond acceptors (Lipinski definition) is 5. The van der Waals surface area contributed by atoms with Gasteiger partial charge in [0.1, 0.15) is 0 Å². The average Bonchev–Trinajstić information content (AvgIpc) is 2.43. The number of hydrogen-bond donors (Lipinski definition) is 5. The highest BCUT2D eigenvalue weighted by molar-refractivity contribution is 9.11. The summed E-state index contributed by atoms with van der Waals surface area (Å²) in [5.74, 6) is -2.06. The summed E-state index contributed by atoms with van der Waals surface area (Å²) < 4.78 is 0.458. The number of rotatable bonds is 2. The van der Waals surface area contributed by atoms with Gasteiger partial charge in [-0.2, -0.15) is 0 Å². The van der Waals surface area contributed by atoms with E-state index in [1.165, 1.54) is 12.1 Å². The van der Waals surface area contributed by atoms with Crippen LogP contribution >= 0.6 is 31.9 Å². The van der Waals surface area contributed by atoms with Crippen molar-refractivity contribution in [2.45, 2.75) is 6.42 Å². The van der Waals surface area contributed by atoms with E-state index >= 15 is 0 Å². The van der Waals surface area contributed by atoms with Crippen LogP contribution in [0.15, 0.2) is 27.1 Å². The molecule has 0 aromatic heterocycles. The van der Waals surface area contributed by atoms with Gasteiger partial charge in [-0.3, -0.25) is 0 Å². The Balaban J connectivity index is 2.51. The van der Waals surface area contributed by atoms with Crippen LogP contribution in [0, 0.1) is 0 Å². The second kappa shape index (κ2) is 5.41. The molecule has 0 unspecified atom stereocenters. The summed E-state index contributed by atoms with van der Waals surface area (Å²) in [5.41, 5.74) is 1.13. The second-order valence-corrected chi connectivity index (χ2v) is 5.74. The summed E-state index contributed by atoms with van der Waals surface area (Å²) >= 11 is 6.29. The number of phenols is 5. The first-order valence-corrected chi connectivity index (χ1v) is 7.03. The van der Waals surface area contributed by atoms with Crippen molar-refractivity contribution in [3.8, 4) is 28.7 Å². The Morgan fingerprint density at radius 2 is 1.30 bits per heavy atom. The zero-order chi connectivity index (χ0) is 15.0. The molecule has 7 heteroatoms. The van der Waals surface area contributed by atoms with Gasteiger partial charge in [-0.15, -0.1) is 0 Å². The molecule has 106 valence electrons. The predicted molar refractivity (Wildman–Crippen MR) is 79.4 cm³/mol. The van der Waals surface area contributed by atoms with Gasteiger partial charge in [0.05, 0.1) is 8.95 Å². The van der Waals surface area contributed by atoms with Gasteiger partial charge < -0.3 is 25.5 Å². The van der Waals surface area contributed by atoms with Crippen LogP contribution in [0.25, 0.3) is 0 Å². The molecule has 2 aromatic carbocycles. The van der Waals surface area contributed by atoms with E-state index in [0.717, 1.165) is 0 Å². The van der Waals surface area contributed by atoms with Gasteiger partial charge in [-0.05, 0) is 55.1 Å². The van der Waals surface area contributed by atoms with Crippen molar-refractivity contribution in [1.29, 1.82) is 0 Å². The molecule has 0 atom stereocenters. The first-order chi connectivity index (χ1) is 9.32. The Kier molecular flexibility index (Phi) is 4.01. The van der Waals surface area contributed by atoms with E-state index in [4.69, 9.17) is 0 Å². The minimum Gasteiger partial charge on any atom is -0.504 e. The van der Waals surface area contributed by atoms with Crippen LogP contribution < -0.4 is 0 Å². The van der Waals surface area contributed by atoms with E-state index in [1.54, 1.807) is 6.07 Å². The molecule has 2 aromatic rings. The molecule has 0 amide bonds. The minimum absolute atomic E-state index is 0.229. The van der Waals surface area contributed by atoms with E-state index in [1.807, 2.05) is 0 Å². The lowest BCUT2D eigenvalue weighted by molar-refractivity contribution is 0.364. The fourth-order valence-corrected chi connectivity index (χ4v) is 3.06. The van der Waals surface area contributed by atoms with Crippen LogP contribution in [0.3, 0.4) is 0 Å². The summed E-state index contributed by atoms with van der Waals surface area (Å²) in [6, 6.07) is 4.30. The number of benzene rings is 2. The first-order valence-electron chi connectivity index (χ1n) is 5.44. The van der Waals surface area contributed by atoms with Crippen molar-refractivity contribution in [1.82, 2.24) is 0 Å². The molecule has 0 heterocycles. The molecule has 5 nitrogen and oxygen atoms in total. The third-order valence-corrected chi connectivity index (χ3v) is 4.52. The Morgan fingerprint density at radius 3 is 1.80 bits per heavy atom. The maximum absolute atomic E-state index is 9.70. The van der Waals surface area contributed by atoms with Gasteiger partial charge >= 0.3 is 0 Å². The van der Waals surface area contributed by atoms with Gasteiger partial charge in [0.2, 0.25) is 5.75 Å². The van der Waals surface area contributed by atoms with Crippen LogP contribution in [0.4, 0.5) is 0 Å². The van der Waals surface area contributed by atoms with E-state index in [0.29, 0.717) is 11.1 Å². The molecule has 0 radical (unpaired) electrons. The quantitative estimate of drug-likeness (QED) is 0.493. The summed E-state index contributed by atoms with van der Waals surface area (Å²) in [6.45, 7) is 0. The SMILES string of the molecule is Oc1ccc(Cc2c(Br)c(O)c(O)c(O)c2Br)cc1O. The van der Waals surface area contributed by atoms with Gasteiger partial charge in [0.25, 0.3) is 0 Å². The normalized spacial score (nSPS) is 10.7. The van der Waals surface area contributed by atoms with Crippen molar-refractivity contribution >= 4 is 31.9 Å². The molecule has 0 spiro atoms. The molecule has 0 saturated carbocycles. The highest BCUT2D eigenvalue weighted by Gasteiger charge is 2.21. The first kappa shape index (κ1) is 14.8. The molecule has 20 heavy (non-hydrogen) atoms. The van der Waals surface area contributed by atoms with Crippen molar-refractivity contribution in [2.75, 3.05) is 0 Å². The zero-order valence-corrected chi connectivity index (χ0v) is 13.1. The Morgan fingerprint density at radius 1 is 0.750 bits per heavy atom. The summed E-state index contributed by atoms with van der Waals surface area (Å²) in [5, 5.41) is 47.6. The maximum atomic E-state index is 9.70. The average molecular weight is 406 g/mol. The van der Waals surface area contributed by atoms with Crippen molar-refractivity contribution in [2.24, 2.45) is 0 Å². The van der Waals surface area contributed by atoms with E-state index in [2.05, 4.69) is 31.9 Å². The third-order valence-electron chi connectivity index (χ3n) is 2.82. The molecule has 0 bridgehead atoms. The zero-order valence-electron chi connectivity index (χ0n) is 9.93. The van der Waals surface area contributed by atoms with Gasteiger partial charge in [0, 0.05) is 6.42 Å². The number of phenolic OH excluding ortho intramolecular Hbond substituents is 5. The van der Waals surface area contributed by atoms with Crippen molar-refractivity contribution in [3.63, 3.8) is 0 Å². The second-order valence-electron chi connectivity index (χ2n) is 4.15. The molecule has 0 aliphatic rings. The lowest BCUT2D eigenvalue weighted by Crippen LogP contribution is -1.93. The van der Waals surface area contributed by atoms with Crippen LogP contribution in [0.1, 0.15) is 11.1 Å². The van der Waals surface area contributed by atoms with Crippen molar-refractivity contribution in [3.05, 3.63) is 38.3 Å². The van der Waals surface area contributed by atoms with Crippen LogP contribution in [0.5, 0.6) is 28.7 Å². The Labute approximate surface area is 131 Å². The summed E-state index contributed by atoms with van der Waals surface area (Å²) in [6.07, 6.45) is 0.246. The van der Waals surface area contributed by atoms with Crippen LogP contribution in [-0.2, 0) is 6.42 Å². The van der Waals surface area contributed by atoms with E-state index in [9.17, 15) is 25.5 Å². The lowest BCUT2D eigenvalue weighted by Gasteiger charge is -2.13. The standard InChI is InChI=1S/C13H10Br2O5/c14-9-6(10(15)12(19)13(20)11(9)18)3-5-1-2-7(16)8(17)4-5/h1-2,4,16-20H,3H2. The largest absolute Gasteiger partial charge is 0.504 e. The Hall–Kier alpha value is -1.60. The molecule has 2 rings (SSSR count). The van der Waals surface area contributed by atoms with Crippen LogP contribution in [-0.4, -0.2) is 25.5 Å². The van der Waals surface area contributed by atoms with Crippen LogP contribution in [0.2, 0.25) is 0 Å². The fraction of sp³-hybridized carbons (Fsp3) is 0.0769. The maximum Gasteiger partial charge on any atom is 0.202 e. The minimum atomic E-state index is -0.624. The number of aromatic hydroxyl groups is 5. The summed E-state index contributed by atoms with van der Waals surface area (Å²) in [7, 11) is 0. The molecule has 0 saturated heterocycles. The monoisotopic (exact) mass is 404 g/mol. The predicted octanol–water partition coefficient (Wildman–Crippen LogP) is 3.33. The van der Waals surface area contributed by atoms with Gasteiger partial charge in [-0.1, -0.05) is 6.07 Å². The Bertz CT molecular complexity index is 656. The molecule has 0 fully saturated rings. The lowest BCUT2D eigenvalue weighted by atomic mass is 10.0. The molecular weight excluding hydrogens is 396 g/mol. The van der Waals surface area contributed by atoms with Crippen molar-refractivity contribution < 1.29 is 25.5 Å². The van der Waals surface area contributed by atoms with Gasteiger partial charge in [0.15, 0.2) is 23.0 Å². The number of halogens is 2. The topological polar surface area (TPSA) is 101 Å². The molecular formula is C13H10Br2O5. The highest BCUT2D eigenvalue weighted by Crippen LogP contribution is 2.48. The molecule has 0 aliphatic carbocycles. The highest BCUT2D eigenvalue weighted by atomic mass is 79.9. The molecule has 0 aliphatic heterocycles. The third kappa shape index (κ3) is 2.51. The summed E-state index contributed by atoms with van der Waals surface area (Å²) in [4.78, 5) is 0.